The predicted octanol–water partition coefficient (Wildman–Crippen LogP) is 2.26. The highest BCUT2D eigenvalue weighted by atomic mass is 16.3. The summed E-state index contributed by atoms with van der Waals surface area (Å²) in [6.45, 7) is 4.72. The molecule has 0 bridgehead atoms. The Bertz CT molecular complexity index is 402. The first kappa shape index (κ1) is 9.22. The van der Waals surface area contributed by atoms with Crippen LogP contribution in [0.1, 0.15) is 30.9 Å². The van der Waals surface area contributed by atoms with E-state index >= 15 is 0 Å². The molecule has 2 aliphatic rings. The van der Waals surface area contributed by atoms with Gasteiger partial charge >= 0.3 is 0 Å². The average Bonchev–Trinajstić information content (AvgIpc) is 2.59. The van der Waals surface area contributed by atoms with Crippen LogP contribution in [0.25, 0.3) is 0 Å². The lowest BCUT2D eigenvalue weighted by Gasteiger charge is -2.41. The molecule has 1 fully saturated rings. The van der Waals surface area contributed by atoms with Crippen LogP contribution >= 0.6 is 0 Å². The average molecular weight is 203 g/mol. The molecular weight excluding hydrogens is 186 g/mol. The second-order valence-corrected chi connectivity index (χ2v) is 4.96. The van der Waals surface area contributed by atoms with Gasteiger partial charge in [-0.05, 0) is 56.0 Å². The minimum atomic E-state index is 0.237. The van der Waals surface area contributed by atoms with Crippen LogP contribution in [0.2, 0.25) is 0 Å². The molecule has 1 saturated heterocycles. The molecule has 1 atom stereocenters. The Morgan fingerprint density at radius 2 is 2.20 bits per heavy atom. The van der Waals surface area contributed by atoms with Crippen LogP contribution in [0.3, 0.4) is 0 Å². The molecule has 0 amide bonds. The van der Waals surface area contributed by atoms with E-state index in [1.54, 1.807) is 0 Å². The van der Waals surface area contributed by atoms with Crippen molar-refractivity contribution in [1.29, 1.82) is 0 Å². The zero-order valence-electron chi connectivity index (χ0n) is 9.16. The molecule has 0 radical (unpaired) electrons. The quantitative estimate of drug-likeness (QED) is 0.699. The number of phenols is 1. The van der Waals surface area contributed by atoms with Gasteiger partial charge in [0.1, 0.15) is 5.75 Å². The number of fused-ring (bicyclic) bond motifs is 3. The van der Waals surface area contributed by atoms with Crippen LogP contribution in [0.15, 0.2) is 18.2 Å². The molecule has 1 unspecified atom stereocenters. The maximum atomic E-state index is 9.50. The van der Waals surface area contributed by atoms with Gasteiger partial charge in [-0.25, -0.2) is 0 Å². The third-order valence-electron chi connectivity index (χ3n) is 4.11. The molecule has 2 heteroatoms. The van der Waals surface area contributed by atoms with Crippen LogP contribution in [-0.4, -0.2) is 23.1 Å². The molecule has 2 nitrogen and oxygen atoms in total. The third kappa shape index (κ3) is 1.21. The molecule has 1 aromatic carbocycles. The molecule has 0 aromatic heterocycles. The Labute approximate surface area is 90.5 Å². The fourth-order valence-corrected chi connectivity index (χ4v) is 3.25. The lowest BCUT2D eigenvalue weighted by atomic mass is 9.82. The summed E-state index contributed by atoms with van der Waals surface area (Å²) in [5, 5.41) is 9.50. The van der Waals surface area contributed by atoms with Gasteiger partial charge in [0.15, 0.2) is 0 Å². The number of phenolic OH excluding ortho intramolecular Hbond substituents is 1. The molecule has 0 saturated carbocycles. The molecule has 1 N–H and O–H groups in total. The molecule has 0 aliphatic carbocycles. The van der Waals surface area contributed by atoms with E-state index in [4.69, 9.17) is 0 Å². The van der Waals surface area contributed by atoms with Crippen molar-refractivity contribution in [1.82, 2.24) is 4.90 Å². The Balaban J connectivity index is 2.14. The smallest absolute Gasteiger partial charge is 0.115 e. The summed E-state index contributed by atoms with van der Waals surface area (Å²) in [4.78, 5) is 2.59. The van der Waals surface area contributed by atoms with E-state index in [1.807, 2.05) is 12.1 Å². The highest BCUT2D eigenvalue weighted by molar-refractivity contribution is 5.41. The van der Waals surface area contributed by atoms with Crippen LogP contribution in [0.5, 0.6) is 5.75 Å². The Kier molecular flexibility index (Phi) is 1.84. The van der Waals surface area contributed by atoms with Gasteiger partial charge in [-0.3, -0.25) is 4.90 Å². The van der Waals surface area contributed by atoms with Crippen molar-refractivity contribution in [3.8, 4) is 5.75 Å². The molecule has 2 aliphatic heterocycles. The first-order valence-corrected chi connectivity index (χ1v) is 5.77. The first-order chi connectivity index (χ1) is 7.20. The van der Waals surface area contributed by atoms with Gasteiger partial charge < -0.3 is 5.11 Å². The fourth-order valence-electron chi connectivity index (χ4n) is 3.25. The van der Waals surface area contributed by atoms with Crippen molar-refractivity contribution in [2.45, 2.75) is 31.7 Å². The summed E-state index contributed by atoms with van der Waals surface area (Å²) >= 11 is 0. The van der Waals surface area contributed by atoms with Crippen LogP contribution < -0.4 is 0 Å². The highest BCUT2D eigenvalue weighted by Crippen LogP contribution is 2.43. The van der Waals surface area contributed by atoms with E-state index in [-0.39, 0.29) is 5.54 Å². The fraction of sp³-hybridized carbons (Fsp3) is 0.538. The topological polar surface area (TPSA) is 23.5 Å². The van der Waals surface area contributed by atoms with Crippen molar-refractivity contribution in [2.24, 2.45) is 0 Å². The second kappa shape index (κ2) is 2.99. The highest BCUT2D eigenvalue weighted by Gasteiger charge is 2.41. The van der Waals surface area contributed by atoms with Crippen molar-refractivity contribution in [2.75, 3.05) is 13.1 Å². The zero-order chi connectivity index (χ0) is 10.5. The van der Waals surface area contributed by atoms with E-state index in [0.717, 1.165) is 13.0 Å². The van der Waals surface area contributed by atoms with Crippen molar-refractivity contribution < 1.29 is 5.11 Å². The number of aromatic hydroxyl groups is 1. The molecule has 2 heterocycles. The van der Waals surface area contributed by atoms with Gasteiger partial charge in [0, 0.05) is 12.1 Å². The third-order valence-corrected chi connectivity index (χ3v) is 4.11. The second-order valence-electron chi connectivity index (χ2n) is 4.96. The standard InChI is InChI=1S/C13H17NO/c1-13-6-2-7-14(13)8-5-10-9-11(15)3-4-12(10)13/h3-4,9,15H,2,5-8H2,1H3. The first-order valence-electron chi connectivity index (χ1n) is 5.77. The number of hydrogen-bond acceptors (Lipinski definition) is 2. The summed E-state index contributed by atoms with van der Waals surface area (Å²) in [6.07, 6.45) is 3.64. The Morgan fingerprint density at radius 1 is 1.33 bits per heavy atom. The number of rotatable bonds is 0. The van der Waals surface area contributed by atoms with Crippen molar-refractivity contribution >= 4 is 0 Å². The van der Waals surface area contributed by atoms with Crippen LogP contribution in [0.4, 0.5) is 0 Å². The number of benzene rings is 1. The van der Waals surface area contributed by atoms with Gasteiger partial charge in [0.2, 0.25) is 0 Å². The Hall–Kier alpha value is -1.02. The molecule has 15 heavy (non-hydrogen) atoms. The van der Waals surface area contributed by atoms with Gasteiger partial charge in [0.05, 0.1) is 0 Å². The van der Waals surface area contributed by atoms with Gasteiger partial charge in [0.25, 0.3) is 0 Å². The van der Waals surface area contributed by atoms with E-state index in [2.05, 4.69) is 17.9 Å². The summed E-state index contributed by atoms with van der Waals surface area (Å²) in [5.74, 6) is 0.406. The minimum Gasteiger partial charge on any atom is -0.508 e. The van der Waals surface area contributed by atoms with Crippen molar-refractivity contribution in [3.05, 3.63) is 29.3 Å². The minimum absolute atomic E-state index is 0.237. The lowest BCUT2D eigenvalue weighted by molar-refractivity contribution is 0.143. The SMILES string of the molecule is CC12CCCN1CCc1cc(O)ccc12. The maximum absolute atomic E-state index is 9.50. The molecule has 1 aromatic rings. The van der Waals surface area contributed by atoms with Crippen molar-refractivity contribution in [3.63, 3.8) is 0 Å². The van der Waals surface area contributed by atoms with E-state index < -0.39 is 0 Å². The summed E-state index contributed by atoms with van der Waals surface area (Å²) in [7, 11) is 0. The van der Waals surface area contributed by atoms with Gasteiger partial charge in [-0.15, -0.1) is 0 Å². The van der Waals surface area contributed by atoms with Crippen LogP contribution in [-0.2, 0) is 12.0 Å². The monoisotopic (exact) mass is 203 g/mol. The van der Waals surface area contributed by atoms with Gasteiger partial charge in [-0.2, -0.15) is 0 Å². The predicted molar refractivity (Wildman–Crippen MR) is 60.0 cm³/mol. The van der Waals surface area contributed by atoms with E-state index in [9.17, 15) is 5.11 Å². The number of hydrogen-bond donors (Lipinski definition) is 1. The zero-order valence-corrected chi connectivity index (χ0v) is 9.16. The normalized spacial score (nSPS) is 29.9. The number of nitrogens with zero attached hydrogens (tertiary/aromatic N) is 1. The largest absolute Gasteiger partial charge is 0.508 e. The van der Waals surface area contributed by atoms with E-state index in [1.165, 1.54) is 30.5 Å². The molecule has 0 spiro atoms. The lowest BCUT2D eigenvalue weighted by Crippen LogP contribution is -2.43. The van der Waals surface area contributed by atoms with Gasteiger partial charge in [-0.1, -0.05) is 6.07 Å². The molecule has 3 rings (SSSR count). The van der Waals surface area contributed by atoms with E-state index in [0.29, 0.717) is 5.75 Å². The Morgan fingerprint density at radius 3 is 3.07 bits per heavy atom. The van der Waals surface area contributed by atoms with Crippen LogP contribution in [0, 0.1) is 0 Å². The summed E-state index contributed by atoms with van der Waals surface area (Å²) in [6, 6.07) is 5.88. The molecule has 80 valence electrons. The summed E-state index contributed by atoms with van der Waals surface area (Å²) in [5.41, 5.74) is 3.01. The maximum Gasteiger partial charge on any atom is 0.115 e. The molecular formula is C13H17NO. The summed E-state index contributed by atoms with van der Waals surface area (Å²) < 4.78 is 0.